The fourth-order valence-electron chi connectivity index (χ4n) is 1.79. The molecule has 1 aliphatic rings. The van der Waals surface area contributed by atoms with Crippen molar-refractivity contribution < 1.29 is 0 Å². The topological polar surface area (TPSA) is 12.4 Å². The molecule has 1 nitrogen and oxygen atoms in total. The zero-order chi connectivity index (χ0) is 11.7. The summed E-state index contributed by atoms with van der Waals surface area (Å²) in [6, 6.07) is 6.41. The summed E-state index contributed by atoms with van der Waals surface area (Å²) in [5.41, 5.74) is 5.90. The standard InChI is InChI=1S/C15H19N/c1-10-5-6-15(9-11(10)2)13(4)16-12(3)14-7-8-14/h5-6,9,14H,4,7-8H2,1-3H3. The molecule has 0 atom stereocenters. The maximum Gasteiger partial charge on any atom is 0.0629 e. The summed E-state index contributed by atoms with van der Waals surface area (Å²) in [4.78, 5) is 4.60. The first kappa shape index (κ1) is 11.1. The van der Waals surface area contributed by atoms with Crippen LogP contribution in [-0.2, 0) is 0 Å². The average molecular weight is 213 g/mol. The van der Waals surface area contributed by atoms with Gasteiger partial charge < -0.3 is 0 Å². The van der Waals surface area contributed by atoms with Gasteiger partial charge in [-0.1, -0.05) is 18.7 Å². The highest BCUT2D eigenvalue weighted by Crippen LogP contribution is 2.31. The van der Waals surface area contributed by atoms with Crippen molar-refractivity contribution in [3.05, 3.63) is 41.5 Å². The van der Waals surface area contributed by atoms with Crippen LogP contribution in [0.15, 0.2) is 29.8 Å². The van der Waals surface area contributed by atoms with Crippen LogP contribution in [0.3, 0.4) is 0 Å². The maximum absolute atomic E-state index is 4.60. The van der Waals surface area contributed by atoms with Crippen LogP contribution in [0, 0.1) is 19.8 Å². The Hall–Kier alpha value is -1.37. The van der Waals surface area contributed by atoms with E-state index in [1.807, 2.05) is 0 Å². The van der Waals surface area contributed by atoms with Crippen molar-refractivity contribution in [3.8, 4) is 0 Å². The number of nitrogens with zero attached hydrogens (tertiary/aromatic N) is 1. The van der Waals surface area contributed by atoms with Gasteiger partial charge in [0.1, 0.15) is 0 Å². The summed E-state index contributed by atoms with van der Waals surface area (Å²) in [6.45, 7) is 10.4. The first-order valence-corrected chi connectivity index (χ1v) is 5.89. The van der Waals surface area contributed by atoms with Gasteiger partial charge >= 0.3 is 0 Å². The number of hydrogen-bond donors (Lipinski definition) is 0. The van der Waals surface area contributed by atoms with Crippen molar-refractivity contribution in [2.45, 2.75) is 33.6 Å². The van der Waals surface area contributed by atoms with Crippen LogP contribution in [0.5, 0.6) is 0 Å². The van der Waals surface area contributed by atoms with Crippen molar-refractivity contribution in [2.24, 2.45) is 10.9 Å². The molecule has 0 bridgehead atoms. The van der Waals surface area contributed by atoms with Crippen molar-refractivity contribution in [3.63, 3.8) is 0 Å². The molecule has 1 aromatic rings. The Balaban J connectivity index is 2.20. The summed E-state index contributed by atoms with van der Waals surface area (Å²) < 4.78 is 0. The average Bonchev–Trinajstić information content (AvgIpc) is 3.05. The monoisotopic (exact) mass is 213 g/mol. The SMILES string of the molecule is C=C(N=C(C)C1CC1)c1ccc(C)c(C)c1. The van der Waals surface area contributed by atoms with Gasteiger partial charge in [-0.3, -0.25) is 4.99 Å². The number of aliphatic imine (C=N–C) groups is 1. The molecule has 1 aliphatic carbocycles. The second kappa shape index (κ2) is 4.25. The normalized spacial score (nSPS) is 16.3. The van der Waals surface area contributed by atoms with Crippen molar-refractivity contribution in [2.75, 3.05) is 0 Å². The summed E-state index contributed by atoms with van der Waals surface area (Å²) in [5, 5.41) is 0. The van der Waals surface area contributed by atoms with E-state index < -0.39 is 0 Å². The smallest absolute Gasteiger partial charge is 0.0629 e. The molecule has 0 spiro atoms. The van der Waals surface area contributed by atoms with E-state index in [0.29, 0.717) is 0 Å². The van der Waals surface area contributed by atoms with Crippen LogP contribution in [0.1, 0.15) is 36.5 Å². The molecular weight excluding hydrogens is 194 g/mol. The minimum Gasteiger partial charge on any atom is -0.258 e. The predicted molar refractivity (Wildman–Crippen MR) is 70.8 cm³/mol. The van der Waals surface area contributed by atoms with Crippen LogP contribution >= 0.6 is 0 Å². The van der Waals surface area contributed by atoms with E-state index in [-0.39, 0.29) is 0 Å². The van der Waals surface area contributed by atoms with E-state index in [2.05, 4.69) is 50.5 Å². The van der Waals surface area contributed by atoms with Crippen molar-refractivity contribution >= 4 is 11.4 Å². The molecule has 1 heteroatoms. The summed E-state index contributed by atoms with van der Waals surface area (Å²) in [6.07, 6.45) is 2.60. The summed E-state index contributed by atoms with van der Waals surface area (Å²) >= 11 is 0. The molecule has 1 saturated carbocycles. The van der Waals surface area contributed by atoms with Crippen LogP contribution in [-0.4, -0.2) is 5.71 Å². The molecule has 0 aromatic heterocycles. The lowest BCUT2D eigenvalue weighted by molar-refractivity contribution is 1.17. The Bertz CT molecular complexity index is 451. The lowest BCUT2D eigenvalue weighted by atomic mass is 10.0. The first-order chi connectivity index (χ1) is 7.58. The lowest BCUT2D eigenvalue weighted by Crippen LogP contribution is -1.94. The van der Waals surface area contributed by atoms with E-state index in [4.69, 9.17) is 0 Å². The number of hydrogen-bond acceptors (Lipinski definition) is 1. The van der Waals surface area contributed by atoms with Crippen LogP contribution in [0.4, 0.5) is 0 Å². The molecule has 84 valence electrons. The van der Waals surface area contributed by atoms with Crippen molar-refractivity contribution in [1.29, 1.82) is 0 Å². The zero-order valence-corrected chi connectivity index (χ0v) is 10.4. The second-order valence-corrected chi connectivity index (χ2v) is 4.77. The van der Waals surface area contributed by atoms with E-state index in [1.165, 1.54) is 29.7 Å². The van der Waals surface area contributed by atoms with Crippen LogP contribution in [0.25, 0.3) is 5.70 Å². The molecule has 0 aliphatic heterocycles. The molecular formula is C15H19N. The second-order valence-electron chi connectivity index (χ2n) is 4.77. The summed E-state index contributed by atoms with van der Waals surface area (Å²) in [7, 11) is 0. The highest BCUT2D eigenvalue weighted by atomic mass is 14.8. The third-order valence-electron chi connectivity index (χ3n) is 3.32. The van der Waals surface area contributed by atoms with Gasteiger partial charge in [-0.15, -0.1) is 0 Å². The molecule has 2 rings (SSSR count). The van der Waals surface area contributed by atoms with E-state index in [0.717, 1.165) is 17.2 Å². The summed E-state index contributed by atoms with van der Waals surface area (Å²) in [5.74, 6) is 0.725. The Kier molecular flexibility index (Phi) is 2.95. The largest absolute Gasteiger partial charge is 0.258 e. The number of benzene rings is 1. The lowest BCUT2D eigenvalue weighted by Gasteiger charge is -2.06. The molecule has 0 radical (unpaired) electrons. The third-order valence-corrected chi connectivity index (χ3v) is 3.32. The molecule has 0 unspecified atom stereocenters. The Morgan fingerprint density at radius 2 is 1.94 bits per heavy atom. The first-order valence-electron chi connectivity index (χ1n) is 5.89. The highest BCUT2D eigenvalue weighted by Gasteiger charge is 2.24. The molecule has 0 N–H and O–H groups in total. The number of aryl methyl sites for hydroxylation is 2. The Morgan fingerprint density at radius 1 is 1.25 bits per heavy atom. The van der Waals surface area contributed by atoms with E-state index >= 15 is 0 Å². The van der Waals surface area contributed by atoms with E-state index in [9.17, 15) is 0 Å². The van der Waals surface area contributed by atoms with E-state index in [1.54, 1.807) is 0 Å². The van der Waals surface area contributed by atoms with Gasteiger partial charge in [-0.25, -0.2) is 0 Å². The zero-order valence-electron chi connectivity index (χ0n) is 10.4. The molecule has 0 heterocycles. The Morgan fingerprint density at radius 3 is 2.50 bits per heavy atom. The Labute approximate surface area is 97.9 Å². The van der Waals surface area contributed by atoms with Gasteiger partial charge in [-0.2, -0.15) is 0 Å². The maximum atomic E-state index is 4.60. The highest BCUT2D eigenvalue weighted by molar-refractivity contribution is 5.91. The molecule has 1 aromatic carbocycles. The van der Waals surface area contributed by atoms with Gasteiger partial charge in [-0.05, 0) is 62.3 Å². The fourth-order valence-corrected chi connectivity index (χ4v) is 1.79. The van der Waals surface area contributed by atoms with Gasteiger partial charge in [0.25, 0.3) is 0 Å². The predicted octanol–water partition coefficient (Wildman–Crippen LogP) is 4.15. The van der Waals surface area contributed by atoms with Crippen LogP contribution < -0.4 is 0 Å². The molecule has 1 fully saturated rings. The number of rotatable bonds is 3. The molecule has 0 amide bonds. The van der Waals surface area contributed by atoms with Crippen LogP contribution in [0.2, 0.25) is 0 Å². The minimum absolute atomic E-state index is 0.725. The van der Waals surface area contributed by atoms with Gasteiger partial charge in [0, 0.05) is 5.71 Å². The molecule has 16 heavy (non-hydrogen) atoms. The minimum atomic E-state index is 0.725. The third kappa shape index (κ3) is 2.41. The fraction of sp³-hybridized carbons (Fsp3) is 0.400. The van der Waals surface area contributed by atoms with Gasteiger partial charge in [0.15, 0.2) is 0 Å². The quantitative estimate of drug-likeness (QED) is 0.669. The molecule has 0 saturated heterocycles. The van der Waals surface area contributed by atoms with Gasteiger partial charge in [0.05, 0.1) is 5.70 Å². The van der Waals surface area contributed by atoms with Crippen molar-refractivity contribution in [1.82, 2.24) is 0 Å². The van der Waals surface area contributed by atoms with Gasteiger partial charge in [0.2, 0.25) is 0 Å².